The first kappa shape index (κ1) is 14.8. The third-order valence-corrected chi connectivity index (χ3v) is 4.37. The molecule has 0 aliphatic carbocycles. The second kappa shape index (κ2) is 6.03. The van der Waals surface area contributed by atoms with E-state index in [9.17, 15) is 9.18 Å². The molecule has 2 amide bonds. The highest BCUT2D eigenvalue weighted by atomic mass is 19.1. The number of nitrogens with zero attached hydrogens (tertiary/aromatic N) is 1. The monoisotopic (exact) mass is 328 g/mol. The highest BCUT2D eigenvalue weighted by molar-refractivity contribution is 5.90. The number of hydrogen-bond donors (Lipinski definition) is 1. The molecule has 1 atom stereocenters. The molecule has 24 heavy (non-hydrogen) atoms. The van der Waals surface area contributed by atoms with Gasteiger partial charge in [-0.15, -0.1) is 0 Å². The number of anilines is 1. The van der Waals surface area contributed by atoms with Crippen LogP contribution in [0.5, 0.6) is 11.5 Å². The minimum absolute atomic E-state index is 0.102. The van der Waals surface area contributed by atoms with E-state index in [0.29, 0.717) is 23.7 Å². The summed E-state index contributed by atoms with van der Waals surface area (Å²) in [5.41, 5.74) is 1.47. The van der Waals surface area contributed by atoms with E-state index in [1.54, 1.807) is 29.2 Å². The number of carbonyl (C=O) groups excluding carboxylic acids is 1. The van der Waals surface area contributed by atoms with Gasteiger partial charge in [-0.2, -0.15) is 0 Å². The Morgan fingerprint density at radius 1 is 1.17 bits per heavy atom. The van der Waals surface area contributed by atoms with Crippen molar-refractivity contribution in [3.63, 3.8) is 0 Å². The van der Waals surface area contributed by atoms with Gasteiger partial charge in [0.1, 0.15) is 5.82 Å². The fraction of sp³-hybridized carbons (Fsp3) is 0.278. The van der Waals surface area contributed by atoms with Crippen LogP contribution >= 0.6 is 0 Å². The maximum atomic E-state index is 13.5. The van der Waals surface area contributed by atoms with Gasteiger partial charge in [0.05, 0.1) is 6.04 Å². The zero-order valence-corrected chi connectivity index (χ0v) is 13.0. The van der Waals surface area contributed by atoms with Gasteiger partial charge < -0.3 is 19.7 Å². The van der Waals surface area contributed by atoms with Crippen molar-refractivity contribution in [2.75, 3.05) is 18.7 Å². The van der Waals surface area contributed by atoms with Crippen molar-refractivity contribution < 1.29 is 18.7 Å². The molecule has 2 heterocycles. The maximum absolute atomic E-state index is 13.5. The zero-order chi connectivity index (χ0) is 16.5. The molecule has 0 saturated carbocycles. The number of nitrogens with one attached hydrogen (secondary N) is 1. The lowest BCUT2D eigenvalue weighted by molar-refractivity contribution is 0.174. The smallest absolute Gasteiger partial charge is 0.322 e. The fourth-order valence-electron chi connectivity index (χ4n) is 3.24. The number of halogens is 1. The number of benzene rings is 2. The average molecular weight is 328 g/mol. The summed E-state index contributed by atoms with van der Waals surface area (Å²) in [5, 5.41) is 2.89. The predicted octanol–water partition coefficient (Wildman–Crippen LogP) is 3.92. The van der Waals surface area contributed by atoms with Crippen molar-refractivity contribution >= 4 is 11.7 Å². The molecule has 2 aliphatic heterocycles. The summed E-state index contributed by atoms with van der Waals surface area (Å²) < 4.78 is 24.1. The SMILES string of the molecule is O=C(Nc1ccc2c(c1)OCO2)N1CCC[C@@H]1c1cccc(F)c1. The molecule has 0 bridgehead atoms. The Kier molecular flexibility index (Phi) is 3.72. The van der Waals surface area contributed by atoms with Crippen LogP contribution < -0.4 is 14.8 Å². The quantitative estimate of drug-likeness (QED) is 0.909. The third-order valence-electron chi connectivity index (χ3n) is 4.37. The van der Waals surface area contributed by atoms with Crippen LogP contribution in [0, 0.1) is 5.82 Å². The molecule has 2 aliphatic rings. The van der Waals surface area contributed by atoms with Crippen LogP contribution in [0.3, 0.4) is 0 Å². The minimum Gasteiger partial charge on any atom is -0.454 e. The first-order chi connectivity index (χ1) is 11.7. The lowest BCUT2D eigenvalue weighted by Crippen LogP contribution is -2.34. The van der Waals surface area contributed by atoms with Crippen LogP contribution in [0.25, 0.3) is 0 Å². The molecule has 2 aromatic rings. The van der Waals surface area contributed by atoms with Gasteiger partial charge in [0, 0.05) is 18.3 Å². The van der Waals surface area contributed by atoms with Crippen molar-refractivity contribution in [3.8, 4) is 11.5 Å². The highest BCUT2D eigenvalue weighted by Gasteiger charge is 2.30. The topological polar surface area (TPSA) is 50.8 Å². The summed E-state index contributed by atoms with van der Waals surface area (Å²) >= 11 is 0. The Labute approximate surface area is 139 Å². The van der Waals surface area contributed by atoms with Gasteiger partial charge in [0.15, 0.2) is 11.5 Å². The van der Waals surface area contributed by atoms with E-state index in [-0.39, 0.29) is 24.7 Å². The van der Waals surface area contributed by atoms with Crippen LogP contribution in [0.4, 0.5) is 14.9 Å². The molecule has 0 aromatic heterocycles. The number of ether oxygens (including phenoxy) is 2. The van der Waals surface area contributed by atoms with Crippen molar-refractivity contribution in [1.29, 1.82) is 0 Å². The Balaban J connectivity index is 1.51. The van der Waals surface area contributed by atoms with Crippen molar-refractivity contribution in [1.82, 2.24) is 4.90 Å². The molecule has 0 unspecified atom stereocenters. The van der Waals surface area contributed by atoms with Crippen molar-refractivity contribution in [3.05, 3.63) is 53.8 Å². The third kappa shape index (κ3) is 2.75. The van der Waals surface area contributed by atoms with Crippen molar-refractivity contribution in [2.45, 2.75) is 18.9 Å². The van der Waals surface area contributed by atoms with Crippen LogP contribution in [0.2, 0.25) is 0 Å². The zero-order valence-electron chi connectivity index (χ0n) is 13.0. The van der Waals surface area contributed by atoms with E-state index in [1.807, 2.05) is 6.07 Å². The molecule has 1 fully saturated rings. The Bertz CT molecular complexity index is 781. The minimum atomic E-state index is -0.282. The van der Waals surface area contributed by atoms with Gasteiger partial charge in [-0.1, -0.05) is 12.1 Å². The molecule has 5 nitrogen and oxygen atoms in total. The molecule has 124 valence electrons. The van der Waals surface area contributed by atoms with E-state index >= 15 is 0 Å². The van der Waals surface area contributed by atoms with Gasteiger partial charge >= 0.3 is 6.03 Å². The van der Waals surface area contributed by atoms with Crippen LogP contribution in [-0.4, -0.2) is 24.3 Å². The standard InChI is InChI=1S/C18H17FN2O3/c19-13-4-1-3-12(9-13)15-5-2-8-21(15)18(22)20-14-6-7-16-17(10-14)24-11-23-16/h1,3-4,6-7,9-10,15H,2,5,8,11H2,(H,20,22)/t15-/m1/s1. The van der Waals surface area contributed by atoms with E-state index in [1.165, 1.54) is 12.1 Å². The van der Waals surface area contributed by atoms with Gasteiger partial charge in [-0.05, 0) is 42.7 Å². The molecular weight excluding hydrogens is 311 g/mol. The van der Waals surface area contributed by atoms with Gasteiger partial charge in [0.2, 0.25) is 6.79 Å². The lowest BCUT2D eigenvalue weighted by atomic mass is 10.0. The van der Waals surface area contributed by atoms with E-state index in [2.05, 4.69) is 5.32 Å². The van der Waals surface area contributed by atoms with Gasteiger partial charge in [-0.3, -0.25) is 0 Å². The maximum Gasteiger partial charge on any atom is 0.322 e. The van der Waals surface area contributed by atoms with Crippen LogP contribution in [0.1, 0.15) is 24.4 Å². The van der Waals surface area contributed by atoms with Crippen LogP contribution in [0.15, 0.2) is 42.5 Å². The number of hydrogen-bond acceptors (Lipinski definition) is 3. The number of amides is 2. The van der Waals surface area contributed by atoms with E-state index < -0.39 is 0 Å². The largest absolute Gasteiger partial charge is 0.454 e. The summed E-state index contributed by atoms with van der Waals surface area (Å²) in [4.78, 5) is 14.4. The average Bonchev–Trinajstić information content (AvgIpc) is 3.23. The molecule has 6 heteroatoms. The van der Waals surface area contributed by atoms with Gasteiger partial charge in [-0.25, -0.2) is 9.18 Å². The molecule has 4 rings (SSSR count). The fourth-order valence-corrected chi connectivity index (χ4v) is 3.24. The van der Waals surface area contributed by atoms with E-state index in [0.717, 1.165) is 18.4 Å². The summed E-state index contributed by atoms with van der Waals surface area (Å²) in [7, 11) is 0. The Morgan fingerprint density at radius 2 is 2.04 bits per heavy atom. The molecule has 1 saturated heterocycles. The summed E-state index contributed by atoms with van der Waals surface area (Å²) in [6, 6.07) is 11.4. The second-order valence-electron chi connectivity index (χ2n) is 5.90. The summed E-state index contributed by atoms with van der Waals surface area (Å²) in [6.07, 6.45) is 1.73. The number of likely N-dealkylation sites (tertiary alicyclic amines) is 1. The molecular formula is C18H17FN2O3. The lowest BCUT2D eigenvalue weighted by Gasteiger charge is -2.25. The molecule has 0 spiro atoms. The molecule has 0 radical (unpaired) electrons. The summed E-state index contributed by atoms with van der Waals surface area (Å²) in [5.74, 6) is 1.01. The van der Waals surface area contributed by atoms with Crippen molar-refractivity contribution in [2.24, 2.45) is 0 Å². The molecule has 1 N–H and O–H groups in total. The van der Waals surface area contributed by atoms with E-state index in [4.69, 9.17) is 9.47 Å². The Hall–Kier alpha value is -2.76. The summed E-state index contributed by atoms with van der Waals surface area (Å²) in [6.45, 7) is 0.845. The second-order valence-corrected chi connectivity index (χ2v) is 5.90. The first-order valence-electron chi connectivity index (χ1n) is 7.93. The van der Waals surface area contributed by atoms with Crippen LogP contribution in [-0.2, 0) is 0 Å². The predicted molar refractivity (Wildman–Crippen MR) is 86.7 cm³/mol. The molecule has 2 aromatic carbocycles. The van der Waals surface area contributed by atoms with Gasteiger partial charge in [0.25, 0.3) is 0 Å². The number of fused-ring (bicyclic) bond motifs is 1. The highest BCUT2D eigenvalue weighted by Crippen LogP contribution is 2.36. The Morgan fingerprint density at radius 3 is 2.92 bits per heavy atom. The first-order valence-corrected chi connectivity index (χ1v) is 7.93. The number of carbonyl (C=O) groups is 1. The number of rotatable bonds is 2. The normalized spacial score (nSPS) is 18.7. The number of urea groups is 1.